The summed E-state index contributed by atoms with van der Waals surface area (Å²) in [6.45, 7) is 4.89. The molecule has 3 aromatic carbocycles. The monoisotopic (exact) mass is 432 g/mol. The Kier molecular flexibility index (Phi) is 6.00. The Morgan fingerprint density at radius 1 is 1.00 bits per heavy atom. The van der Waals surface area contributed by atoms with Gasteiger partial charge in [0.15, 0.2) is 0 Å². The van der Waals surface area contributed by atoms with E-state index >= 15 is 0 Å². The second-order valence-electron chi connectivity index (χ2n) is 7.57. The fourth-order valence-electron chi connectivity index (χ4n) is 3.64. The molecule has 0 aromatic heterocycles. The number of nitrogens with zero attached hydrogens (tertiary/aromatic N) is 1. The number of hydrogen-bond donors (Lipinski definition) is 1. The van der Waals surface area contributed by atoms with E-state index < -0.39 is 10.8 Å². The lowest BCUT2D eigenvalue weighted by Gasteiger charge is -2.22. The van der Waals surface area contributed by atoms with E-state index in [-0.39, 0.29) is 11.8 Å². The maximum atomic E-state index is 13.3. The van der Waals surface area contributed by atoms with E-state index in [1.165, 1.54) is 0 Å². The summed E-state index contributed by atoms with van der Waals surface area (Å²) in [6.07, 6.45) is 0.740. The van der Waals surface area contributed by atoms with Crippen molar-refractivity contribution in [3.05, 3.63) is 89.0 Å². The molecule has 2 amide bonds. The third kappa shape index (κ3) is 4.16. The zero-order chi connectivity index (χ0) is 22.0. The Labute approximate surface area is 184 Å². The number of fused-ring (bicyclic) bond motifs is 2. The van der Waals surface area contributed by atoms with Crippen LogP contribution >= 0.6 is 0 Å². The molecule has 0 saturated heterocycles. The number of carbonyl (C=O) groups is 2. The summed E-state index contributed by atoms with van der Waals surface area (Å²) in [5, 5.41) is 2.93. The molecule has 158 valence electrons. The van der Waals surface area contributed by atoms with Crippen LogP contribution in [0.4, 0.5) is 5.69 Å². The van der Waals surface area contributed by atoms with E-state index in [4.69, 9.17) is 0 Å². The van der Waals surface area contributed by atoms with E-state index in [9.17, 15) is 13.8 Å². The third-order valence-corrected chi connectivity index (χ3v) is 6.80. The molecule has 31 heavy (non-hydrogen) atoms. The first kappa shape index (κ1) is 21.0. The molecule has 0 fully saturated rings. The fourth-order valence-corrected chi connectivity index (χ4v) is 4.99. The quantitative estimate of drug-likeness (QED) is 0.647. The predicted octanol–water partition coefficient (Wildman–Crippen LogP) is 4.46. The summed E-state index contributed by atoms with van der Waals surface area (Å²) in [5.41, 5.74) is 3.58. The first-order chi connectivity index (χ1) is 15.0. The van der Waals surface area contributed by atoms with E-state index in [1.807, 2.05) is 38.1 Å². The topological polar surface area (TPSA) is 66.5 Å². The normalized spacial score (nSPS) is 15.1. The zero-order valence-corrected chi connectivity index (χ0v) is 18.4. The van der Waals surface area contributed by atoms with Crippen LogP contribution in [0.2, 0.25) is 0 Å². The van der Waals surface area contributed by atoms with Crippen molar-refractivity contribution in [2.24, 2.45) is 0 Å². The van der Waals surface area contributed by atoms with Crippen molar-refractivity contribution in [1.82, 2.24) is 5.32 Å². The number of benzene rings is 3. The summed E-state index contributed by atoms with van der Waals surface area (Å²) in [4.78, 5) is 28.7. The van der Waals surface area contributed by atoms with Gasteiger partial charge in [0.2, 0.25) is 0 Å². The Hall–Kier alpha value is -3.25. The van der Waals surface area contributed by atoms with Gasteiger partial charge in [-0.15, -0.1) is 0 Å². The van der Waals surface area contributed by atoms with Crippen molar-refractivity contribution >= 4 is 28.3 Å². The lowest BCUT2D eigenvalue weighted by Crippen LogP contribution is -2.32. The number of aryl methyl sites for hydroxylation is 1. The molecule has 1 aliphatic rings. The van der Waals surface area contributed by atoms with E-state index in [2.05, 4.69) is 5.32 Å². The second-order valence-corrected chi connectivity index (χ2v) is 8.99. The molecule has 6 heteroatoms. The number of rotatable bonds is 5. The number of amides is 2. The number of carbonyl (C=O) groups excluding carboxylic acids is 2. The average molecular weight is 433 g/mol. The van der Waals surface area contributed by atoms with Crippen molar-refractivity contribution in [2.45, 2.75) is 36.6 Å². The SMILES string of the molecule is CCCN1C(=O)c2ccccc2S(=O)c2ccc(C(=O)NCc3ccc(C)cc3)cc21. The van der Waals surface area contributed by atoms with Crippen LogP contribution in [0.3, 0.4) is 0 Å². The molecule has 0 bridgehead atoms. The van der Waals surface area contributed by atoms with Crippen LogP contribution < -0.4 is 10.2 Å². The van der Waals surface area contributed by atoms with Gasteiger partial charge in [0, 0.05) is 18.7 Å². The highest BCUT2D eigenvalue weighted by Crippen LogP contribution is 2.35. The van der Waals surface area contributed by atoms with Gasteiger partial charge in [-0.3, -0.25) is 9.59 Å². The van der Waals surface area contributed by atoms with Gasteiger partial charge in [0.05, 0.1) is 31.8 Å². The maximum Gasteiger partial charge on any atom is 0.259 e. The molecule has 0 aliphatic carbocycles. The number of anilines is 1. The maximum absolute atomic E-state index is 13.3. The van der Waals surface area contributed by atoms with Crippen molar-refractivity contribution < 1.29 is 13.8 Å². The minimum atomic E-state index is -1.50. The van der Waals surface area contributed by atoms with Crippen molar-refractivity contribution in [1.29, 1.82) is 0 Å². The summed E-state index contributed by atoms with van der Waals surface area (Å²) in [7, 11) is -1.50. The van der Waals surface area contributed by atoms with Crippen LogP contribution in [0.1, 0.15) is 45.2 Å². The van der Waals surface area contributed by atoms with E-state index in [1.54, 1.807) is 47.4 Å². The Morgan fingerprint density at radius 2 is 1.74 bits per heavy atom. The molecule has 0 spiro atoms. The van der Waals surface area contributed by atoms with Crippen LogP contribution in [0.25, 0.3) is 0 Å². The Morgan fingerprint density at radius 3 is 2.48 bits per heavy atom. The highest BCUT2D eigenvalue weighted by molar-refractivity contribution is 7.85. The smallest absolute Gasteiger partial charge is 0.259 e. The Balaban J connectivity index is 1.67. The molecule has 1 atom stereocenters. The van der Waals surface area contributed by atoms with Gasteiger partial charge >= 0.3 is 0 Å². The lowest BCUT2D eigenvalue weighted by molar-refractivity contribution is 0.0947. The zero-order valence-electron chi connectivity index (χ0n) is 17.6. The van der Waals surface area contributed by atoms with Gasteiger partial charge in [0.1, 0.15) is 0 Å². The van der Waals surface area contributed by atoms with Crippen LogP contribution in [-0.2, 0) is 17.3 Å². The molecule has 1 N–H and O–H groups in total. The molecular formula is C25H24N2O3S. The highest BCUT2D eigenvalue weighted by atomic mass is 32.2. The first-order valence-corrected chi connectivity index (χ1v) is 11.4. The summed E-state index contributed by atoms with van der Waals surface area (Å²) in [5.74, 6) is -0.429. The van der Waals surface area contributed by atoms with Gasteiger partial charge in [-0.25, -0.2) is 4.21 Å². The lowest BCUT2D eigenvalue weighted by atomic mass is 10.1. The van der Waals surface area contributed by atoms with Crippen LogP contribution in [0, 0.1) is 6.92 Å². The van der Waals surface area contributed by atoms with Crippen molar-refractivity contribution in [3.63, 3.8) is 0 Å². The highest BCUT2D eigenvalue weighted by Gasteiger charge is 2.30. The Bertz CT molecular complexity index is 1170. The standard InChI is InChI=1S/C25H24N2O3S/c1-3-14-27-21-15-19(24(28)26-16-18-10-8-17(2)9-11-18)12-13-23(21)31(30)22-7-5-4-6-20(22)25(27)29/h4-13,15H,3,14,16H2,1-2H3,(H,26,28). The number of hydrogen-bond acceptors (Lipinski definition) is 3. The number of nitrogens with one attached hydrogen (secondary N) is 1. The van der Waals surface area contributed by atoms with Crippen molar-refractivity contribution in [2.75, 3.05) is 11.4 Å². The molecule has 0 radical (unpaired) electrons. The van der Waals surface area contributed by atoms with Gasteiger partial charge < -0.3 is 10.2 Å². The summed E-state index contributed by atoms with van der Waals surface area (Å²) < 4.78 is 13.3. The molecule has 0 saturated carbocycles. The van der Waals surface area contributed by atoms with Gasteiger partial charge in [-0.2, -0.15) is 0 Å². The summed E-state index contributed by atoms with van der Waals surface area (Å²) in [6, 6.07) is 20.0. The molecule has 1 heterocycles. The molecule has 1 unspecified atom stereocenters. The van der Waals surface area contributed by atoms with Crippen molar-refractivity contribution in [3.8, 4) is 0 Å². The molecular weight excluding hydrogens is 408 g/mol. The molecule has 5 nitrogen and oxygen atoms in total. The van der Waals surface area contributed by atoms with Gasteiger partial charge in [-0.1, -0.05) is 48.9 Å². The second kappa shape index (κ2) is 8.86. The van der Waals surface area contributed by atoms with Crippen LogP contribution in [0.5, 0.6) is 0 Å². The average Bonchev–Trinajstić information content (AvgIpc) is 2.88. The first-order valence-electron chi connectivity index (χ1n) is 10.3. The van der Waals surface area contributed by atoms with Gasteiger partial charge in [-0.05, 0) is 49.2 Å². The predicted molar refractivity (Wildman–Crippen MR) is 122 cm³/mol. The van der Waals surface area contributed by atoms with Gasteiger partial charge in [0.25, 0.3) is 11.8 Å². The largest absolute Gasteiger partial charge is 0.348 e. The third-order valence-electron chi connectivity index (χ3n) is 5.29. The molecule has 3 aromatic rings. The molecule has 4 rings (SSSR count). The van der Waals surface area contributed by atoms with Crippen LogP contribution in [0.15, 0.2) is 76.5 Å². The van der Waals surface area contributed by atoms with E-state index in [0.717, 1.165) is 17.5 Å². The van der Waals surface area contributed by atoms with Crippen LogP contribution in [-0.4, -0.2) is 22.6 Å². The van der Waals surface area contributed by atoms with E-state index in [0.29, 0.717) is 39.7 Å². The minimum Gasteiger partial charge on any atom is -0.348 e. The summed E-state index contributed by atoms with van der Waals surface area (Å²) >= 11 is 0. The minimum absolute atomic E-state index is 0.193. The molecule has 1 aliphatic heterocycles. The fraction of sp³-hybridized carbons (Fsp3) is 0.200.